The number of aliphatic carboxylic acids is 1. The van der Waals surface area contributed by atoms with Crippen LogP contribution in [-0.2, 0) is 67.9 Å². The number of benzene rings is 3. The van der Waals surface area contributed by atoms with Gasteiger partial charge in [-0.25, -0.2) is 24.4 Å². The monoisotopic (exact) mass is 1520 g/mol. The van der Waals surface area contributed by atoms with Crippen LogP contribution in [0.2, 0.25) is 0 Å². The van der Waals surface area contributed by atoms with Gasteiger partial charge in [-0.3, -0.25) is 43.7 Å². The smallest absolute Gasteiger partial charge is 0.409 e. The molecule has 0 spiro atoms. The van der Waals surface area contributed by atoms with Gasteiger partial charge in [-0.15, -0.1) is 0 Å². The van der Waals surface area contributed by atoms with Gasteiger partial charge in [0.2, 0.25) is 18.1 Å². The van der Waals surface area contributed by atoms with Gasteiger partial charge in [-0.05, 0) is 135 Å². The number of imide groups is 1. The zero-order chi connectivity index (χ0) is 77.2. The highest BCUT2D eigenvalue weighted by molar-refractivity contribution is 7.85. The standard InChI is InChI=1S/C75H94N10O20S2/c1-45(52(35-76)50-20-22-60(81-65(50)69(94)95)84-28-25-49-53(36-84)51(19-21-56(49)100-7)66(90)82-70-80-54-14-10-11-15-59(54)106-70)78-44-74(5)41-73(4)39-72(2,3)40-75(42-73,43-74)103-31-29-83(6)71(96)102-37-46-17-18-48(104-64-33-47(86)32-58(105-64)68(92)93)34-57(46)101-30-13-26-77-67(91)55(38-107(97,98)99)79-61(87)16-9-8-12-27-85-62(88)23-24-63(85)89/h10-11,14-15,17-24,34-35,47,55,58,64,86H,8-9,12-13,16,25-33,36-44,76H2,1-7H3,(H,77,91)(H,79,87)(H,92,93)(H,94,95)(H,80,82,90)(H,97,98,99)/t47-,55-,58-,64+,73?,74?,75?/m0/s1. The molecular formula is C75H94N10O20S2. The molecule has 32 heteroatoms. The molecule has 5 aromatic rings. The molecule has 6 amide bonds. The van der Waals surface area contributed by atoms with Crippen LogP contribution in [0, 0.1) is 16.2 Å². The molecule has 576 valence electrons. The van der Waals surface area contributed by atoms with Crippen molar-refractivity contribution in [1.29, 1.82) is 0 Å². The predicted octanol–water partition coefficient (Wildman–Crippen LogP) is 8.09. The summed E-state index contributed by atoms with van der Waals surface area (Å²) >= 11 is 1.37. The van der Waals surface area contributed by atoms with E-state index >= 15 is 0 Å². The first-order valence-corrected chi connectivity index (χ1v) is 38.0. The number of nitrogens with zero attached hydrogens (tertiary/aromatic N) is 6. The van der Waals surface area contributed by atoms with Gasteiger partial charge in [0.25, 0.3) is 27.8 Å². The number of nitrogens with one attached hydrogen (secondary N) is 3. The first-order chi connectivity index (χ1) is 50.7. The second kappa shape index (κ2) is 34.1. The number of fused-ring (bicyclic) bond motifs is 4. The van der Waals surface area contributed by atoms with Gasteiger partial charge in [0, 0.05) is 124 Å². The van der Waals surface area contributed by atoms with Crippen molar-refractivity contribution in [2.24, 2.45) is 27.0 Å². The summed E-state index contributed by atoms with van der Waals surface area (Å²) in [6.45, 7) is 11.8. The zero-order valence-electron chi connectivity index (χ0n) is 61.1. The average molecular weight is 1520 g/mol. The summed E-state index contributed by atoms with van der Waals surface area (Å²) in [4.78, 5) is 121. The molecule has 2 saturated carbocycles. The van der Waals surface area contributed by atoms with Gasteiger partial charge in [0.15, 0.2) is 16.9 Å². The normalized spacial score (nSPS) is 22.3. The molecule has 10 rings (SSSR count). The summed E-state index contributed by atoms with van der Waals surface area (Å²) in [5.74, 6) is -5.08. The van der Waals surface area contributed by atoms with Crippen LogP contribution in [0.4, 0.5) is 15.7 Å². The number of anilines is 2. The van der Waals surface area contributed by atoms with Crippen molar-refractivity contribution in [3.63, 3.8) is 0 Å². The second-order valence-electron chi connectivity index (χ2n) is 29.7. The van der Waals surface area contributed by atoms with Crippen molar-refractivity contribution in [3.05, 3.63) is 119 Å². The third-order valence-electron chi connectivity index (χ3n) is 19.8. The molecular weight excluding hydrogens is 1430 g/mol. The van der Waals surface area contributed by atoms with Crippen LogP contribution in [0.3, 0.4) is 0 Å². The summed E-state index contributed by atoms with van der Waals surface area (Å²) in [6, 6.07) is 17.5. The molecule has 3 aliphatic heterocycles. The number of methoxy groups -OCH3 is 1. The molecule has 3 unspecified atom stereocenters. The number of rotatable bonds is 33. The molecule has 9 N–H and O–H groups in total. The molecule has 0 radical (unpaired) electrons. The van der Waals surface area contributed by atoms with E-state index in [1.165, 1.54) is 46.7 Å². The second-order valence-corrected chi connectivity index (χ2v) is 32.2. The molecule has 5 heterocycles. The predicted molar refractivity (Wildman–Crippen MR) is 396 cm³/mol. The number of pyridine rings is 1. The van der Waals surface area contributed by atoms with Crippen molar-refractivity contribution in [2.45, 2.75) is 161 Å². The van der Waals surface area contributed by atoms with Gasteiger partial charge >= 0.3 is 18.0 Å². The Kier molecular flexibility index (Phi) is 25.5. The minimum Gasteiger partial charge on any atom is -0.496 e. The van der Waals surface area contributed by atoms with Crippen LogP contribution >= 0.6 is 11.3 Å². The van der Waals surface area contributed by atoms with E-state index in [0.717, 1.165) is 51.9 Å². The van der Waals surface area contributed by atoms with Crippen LogP contribution in [0.1, 0.15) is 155 Å². The summed E-state index contributed by atoms with van der Waals surface area (Å²) < 4.78 is 70.7. The number of allylic oxidation sites excluding steroid dienone is 1. The highest BCUT2D eigenvalue weighted by Crippen LogP contribution is 2.63. The Morgan fingerprint density at radius 3 is 2.36 bits per heavy atom. The number of thiazole rings is 1. The summed E-state index contributed by atoms with van der Waals surface area (Å²) in [5.41, 5.74) is 9.27. The number of carbonyl (C=O) groups is 8. The Labute approximate surface area is 624 Å². The Bertz CT molecular complexity index is 4360. The van der Waals surface area contributed by atoms with Crippen LogP contribution in [0.15, 0.2) is 90.1 Å². The number of unbranched alkanes of at least 4 members (excludes halogenated alkanes) is 2. The number of hydrogen-bond donors (Lipinski definition) is 8. The van der Waals surface area contributed by atoms with E-state index in [9.17, 15) is 66.6 Å². The van der Waals surface area contributed by atoms with E-state index in [1.54, 1.807) is 51.4 Å². The Hall–Kier alpha value is -9.60. The fourth-order valence-corrected chi connectivity index (χ4v) is 17.5. The lowest BCUT2D eigenvalue weighted by molar-refractivity contribution is -0.195. The minimum atomic E-state index is -4.75. The quantitative estimate of drug-likeness (QED) is 0.00851. The van der Waals surface area contributed by atoms with E-state index in [0.29, 0.717) is 84.3 Å². The Morgan fingerprint density at radius 2 is 1.64 bits per heavy atom. The van der Waals surface area contributed by atoms with Crippen LogP contribution < -0.4 is 40.8 Å². The van der Waals surface area contributed by atoms with E-state index in [1.807, 2.05) is 29.2 Å². The van der Waals surface area contributed by atoms with Crippen molar-refractivity contribution >= 4 is 101 Å². The van der Waals surface area contributed by atoms with Crippen molar-refractivity contribution < 1.29 is 95.1 Å². The first kappa shape index (κ1) is 80.0. The van der Waals surface area contributed by atoms with Crippen LogP contribution in [-0.4, -0.2) is 197 Å². The number of carboxylic acids is 2. The number of carbonyl (C=O) groups excluding carboxylic acids is 6. The molecule has 3 aromatic carbocycles. The summed E-state index contributed by atoms with van der Waals surface area (Å²) in [5, 5.41) is 39.2. The molecule has 7 atom stereocenters. The Morgan fingerprint density at radius 1 is 0.888 bits per heavy atom. The summed E-state index contributed by atoms with van der Waals surface area (Å²) in [6.07, 6.45) is 4.80. The van der Waals surface area contributed by atoms with Crippen molar-refractivity contribution in [2.75, 3.05) is 76.1 Å². The Balaban J connectivity index is 0.752. The molecule has 5 aliphatic rings. The van der Waals surface area contributed by atoms with Crippen LogP contribution in [0.25, 0.3) is 15.8 Å². The van der Waals surface area contributed by atoms with Gasteiger partial charge in [0.1, 0.15) is 41.5 Å². The molecule has 2 aliphatic carbocycles. The van der Waals surface area contributed by atoms with Gasteiger partial charge in [0.05, 0.1) is 42.2 Å². The molecule has 1 saturated heterocycles. The number of amides is 6. The fourth-order valence-electron chi connectivity index (χ4n) is 16.0. The number of para-hydroxylation sites is 1. The van der Waals surface area contributed by atoms with Gasteiger partial charge in [-0.1, -0.05) is 57.6 Å². The highest BCUT2D eigenvalue weighted by Gasteiger charge is 2.58. The number of hydrogen-bond acceptors (Lipinski definition) is 23. The van der Waals surface area contributed by atoms with Crippen molar-refractivity contribution in [1.82, 2.24) is 30.4 Å². The maximum absolute atomic E-state index is 14.0. The van der Waals surface area contributed by atoms with Crippen molar-refractivity contribution in [3.8, 4) is 17.2 Å². The largest absolute Gasteiger partial charge is 0.496 e. The number of ether oxygens (including phenoxy) is 6. The van der Waals surface area contributed by atoms with Crippen LogP contribution in [0.5, 0.6) is 17.2 Å². The number of likely N-dealkylation sites (N-methyl/N-ethyl adjacent to an activating group) is 1. The van der Waals surface area contributed by atoms with E-state index < -0.39 is 93.1 Å². The van der Waals surface area contributed by atoms with E-state index in [-0.39, 0.29) is 111 Å². The van der Waals surface area contributed by atoms with E-state index in [4.69, 9.17) is 44.1 Å². The SMILES string of the molecule is COc1ccc(C(=O)Nc2nc3ccccc3s2)c2c1CCN(c1ccc(C(=CN)C(C)=NCC3(C)CC4(C)CC(C)(C)CC(OCCN(C)C(=O)OCc5ccc(O[C@H]6C[C@@H](O)C[C@@H](C(=O)O)O6)cc5OCCCNC(=O)[C@H](CS(=O)(=O)O)NC(=O)CCCCCN5C(=O)C=CC5=O)(C3)C4)c(C(=O)O)n1)C2. The lowest BCUT2D eigenvalue weighted by Gasteiger charge is -2.61. The lowest BCUT2D eigenvalue weighted by atomic mass is 9.48. The van der Waals surface area contributed by atoms with Gasteiger partial charge < -0.3 is 69.9 Å². The fraction of sp³-hybridized carbons (Fsp3) is 0.507. The molecule has 2 aromatic heterocycles. The zero-order valence-corrected chi connectivity index (χ0v) is 62.7. The highest BCUT2D eigenvalue weighted by atomic mass is 32.2. The summed E-state index contributed by atoms with van der Waals surface area (Å²) in [7, 11) is -1.58. The third-order valence-corrected chi connectivity index (χ3v) is 21.5. The lowest BCUT2D eigenvalue weighted by Crippen LogP contribution is -2.57. The minimum absolute atomic E-state index is 0.0405. The third kappa shape index (κ3) is 20.8. The number of aromatic carboxylic acids is 1. The maximum atomic E-state index is 14.0. The number of aliphatic hydroxyl groups excluding tert-OH is 1. The van der Waals surface area contributed by atoms with Gasteiger partial charge in [-0.2, -0.15) is 8.42 Å². The first-order valence-electron chi connectivity index (χ1n) is 35.6. The number of aromatic nitrogens is 2. The average Bonchev–Trinajstić information content (AvgIpc) is 1.00. The number of nitrogens with two attached hydrogens (primary N) is 1. The number of aliphatic hydroxyl groups is 1. The molecule has 30 nitrogen and oxygen atoms in total. The van der Waals surface area contributed by atoms with E-state index in [2.05, 4.69) is 48.6 Å². The molecule has 107 heavy (non-hydrogen) atoms. The molecule has 3 fully saturated rings. The molecule has 2 bridgehead atoms. The topological polar surface area (TPSA) is 417 Å². The maximum Gasteiger partial charge on any atom is 0.409 e. The number of carboxylic acid groups (broad SMARTS) is 2. The number of aliphatic imine (C=N–C) groups is 1.